The fraction of sp³-hybridized carbons (Fsp3) is 0.385. The molecule has 2 atom stereocenters. The number of hydrogen-bond donors (Lipinski definition) is 0. The second-order valence-corrected chi connectivity index (χ2v) is 7.34. The van der Waals surface area contributed by atoms with Gasteiger partial charge in [0.05, 0.1) is 12.1 Å². The lowest BCUT2D eigenvalue weighted by molar-refractivity contribution is 0.592. The zero-order valence-electron chi connectivity index (χ0n) is 10.2. The molecule has 0 radical (unpaired) electrons. The van der Waals surface area contributed by atoms with Crippen LogP contribution in [0.4, 0.5) is 0 Å². The summed E-state index contributed by atoms with van der Waals surface area (Å²) in [6.45, 7) is 1.52. The van der Waals surface area contributed by atoms with E-state index in [0.29, 0.717) is 10.6 Å². The molecule has 0 unspecified atom stereocenters. The predicted octanol–water partition coefficient (Wildman–Crippen LogP) is 2.27. The molecule has 0 bridgehead atoms. The van der Waals surface area contributed by atoms with Crippen LogP contribution in [-0.2, 0) is 9.84 Å². The van der Waals surface area contributed by atoms with Crippen molar-refractivity contribution in [2.45, 2.75) is 18.1 Å². The molecule has 0 saturated heterocycles. The Morgan fingerprint density at radius 3 is 2.21 bits per heavy atom. The van der Waals surface area contributed by atoms with Crippen molar-refractivity contribution in [1.82, 2.24) is 0 Å². The summed E-state index contributed by atoms with van der Waals surface area (Å²) in [5.74, 6) is -0.669. The van der Waals surface area contributed by atoms with Crippen molar-refractivity contribution in [3.05, 3.63) is 34.9 Å². The molecule has 4 nitrogen and oxygen atoms in total. The Kier molecular flexibility index (Phi) is 3.30. The van der Waals surface area contributed by atoms with Crippen molar-refractivity contribution in [3.8, 4) is 12.1 Å². The minimum Gasteiger partial charge on any atom is -0.228 e. The maximum absolute atomic E-state index is 12.0. The Morgan fingerprint density at radius 2 is 1.79 bits per heavy atom. The molecule has 2 rings (SSSR count). The Labute approximate surface area is 117 Å². The first-order valence-corrected chi connectivity index (χ1v) is 7.82. The quantitative estimate of drug-likeness (QED) is 0.856. The van der Waals surface area contributed by atoms with E-state index >= 15 is 0 Å². The monoisotopic (exact) mass is 294 g/mol. The third-order valence-electron chi connectivity index (χ3n) is 3.52. The van der Waals surface area contributed by atoms with Crippen LogP contribution in [0.2, 0.25) is 5.02 Å². The first-order valence-electron chi connectivity index (χ1n) is 5.72. The maximum atomic E-state index is 12.0. The second kappa shape index (κ2) is 4.52. The van der Waals surface area contributed by atoms with Crippen LogP contribution < -0.4 is 0 Å². The van der Waals surface area contributed by atoms with Crippen molar-refractivity contribution in [1.29, 1.82) is 10.5 Å². The van der Waals surface area contributed by atoms with Crippen molar-refractivity contribution in [2.24, 2.45) is 5.41 Å². The highest BCUT2D eigenvalue weighted by Crippen LogP contribution is 2.62. The number of hydrogen-bond acceptors (Lipinski definition) is 4. The first-order chi connectivity index (χ1) is 8.93. The Morgan fingerprint density at radius 1 is 1.26 bits per heavy atom. The van der Waals surface area contributed by atoms with Crippen LogP contribution in [0.5, 0.6) is 0 Å². The van der Waals surface area contributed by atoms with Crippen LogP contribution >= 0.6 is 11.6 Å². The average molecular weight is 295 g/mol. The van der Waals surface area contributed by atoms with Gasteiger partial charge < -0.3 is 0 Å². The van der Waals surface area contributed by atoms with E-state index in [-0.39, 0.29) is 5.75 Å². The second-order valence-electron chi connectivity index (χ2n) is 4.49. The molecular formula is C13H11ClN2O2S. The van der Waals surface area contributed by atoms with Gasteiger partial charge in [0, 0.05) is 16.7 Å². The Balaban J connectivity index is 2.50. The summed E-state index contributed by atoms with van der Waals surface area (Å²) in [5, 5.41) is 18.0. The van der Waals surface area contributed by atoms with Gasteiger partial charge in [0.1, 0.15) is 5.25 Å². The maximum Gasteiger partial charge on any atom is 0.169 e. The van der Waals surface area contributed by atoms with Gasteiger partial charge >= 0.3 is 0 Å². The van der Waals surface area contributed by atoms with Gasteiger partial charge in [0.2, 0.25) is 0 Å². The fourth-order valence-electron chi connectivity index (χ4n) is 2.43. The van der Waals surface area contributed by atoms with E-state index in [1.807, 2.05) is 12.1 Å². The zero-order valence-corrected chi connectivity index (χ0v) is 11.7. The van der Waals surface area contributed by atoms with Gasteiger partial charge in [0.25, 0.3) is 0 Å². The molecule has 0 aliphatic heterocycles. The molecule has 0 aromatic heterocycles. The molecule has 1 aliphatic carbocycles. The molecule has 1 aromatic carbocycles. The normalized spacial score (nSPS) is 24.2. The SMILES string of the molecule is CCS(=O)(=O)[C@@H]1[C@@H](c2ccc(Cl)cc2)C1(C#N)C#N. The van der Waals surface area contributed by atoms with E-state index in [2.05, 4.69) is 0 Å². The van der Waals surface area contributed by atoms with Crippen LogP contribution in [0.1, 0.15) is 18.4 Å². The van der Waals surface area contributed by atoms with E-state index in [0.717, 1.165) is 0 Å². The molecule has 1 aliphatic rings. The van der Waals surface area contributed by atoms with Crippen molar-refractivity contribution in [3.63, 3.8) is 0 Å². The molecule has 6 heteroatoms. The predicted molar refractivity (Wildman–Crippen MR) is 71.1 cm³/mol. The Bertz CT molecular complexity index is 669. The van der Waals surface area contributed by atoms with E-state index in [1.54, 1.807) is 24.3 Å². The summed E-state index contributed by atoms with van der Waals surface area (Å²) in [6.07, 6.45) is 0. The fourth-order valence-corrected chi connectivity index (χ4v) is 4.44. The van der Waals surface area contributed by atoms with Gasteiger partial charge in [-0.05, 0) is 17.7 Å². The highest BCUT2D eigenvalue weighted by atomic mass is 35.5. The summed E-state index contributed by atoms with van der Waals surface area (Å²) >= 11 is 5.78. The molecule has 0 spiro atoms. The average Bonchev–Trinajstić information content (AvgIpc) is 3.10. The molecule has 1 fully saturated rings. The van der Waals surface area contributed by atoms with Crippen LogP contribution in [0.3, 0.4) is 0 Å². The summed E-state index contributed by atoms with van der Waals surface area (Å²) in [7, 11) is -3.44. The van der Waals surface area contributed by atoms with Gasteiger partial charge in [-0.3, -0.25) is 0 Å². The van der Waals surface area contributed by atoms with Crippen LogP contribution in [-0.4, -0.2) is 19.4 Å². The third kappa shape index (κ3) is 2.00. The van der Waals surface area contributed by atoms with Crippen molar-refractivity contribution < 1.29 is 8.42 Å². The number of benzene rings is 1. The van der Waals surface area contributed by atoms with Crippen LogP contribution in [0.25, 0.3) is 0 Å². The molecule has 98 valence electrons. The Hall–Kier alpha value is -1.56. The van der Waals surface area contributed by atoms with E-state index in [1.165, 1.54) is 6.92 Å². The topological polar surface area (TPSA) is 81.7 Å². The molecule has 19 heavy (non-hydrogen) atoms. The number of nitriles is 2. The van der Waals surface area contributed by atoms with Crippen LogP contribution in [0.15, 0.2) is 24.3 Å². The first kappa shape index (κ1) is 13.9. The molecule has 0 heterocycles. The lowest BCUT2D eigenvalue weighted by Crippen LogP contribution is -2.15. The summed E-state index contributed by atoms with van der Waals surface area (Å²) in [4.78, 5) is 0. The van der Waals surface area contributed by atoms with Gasteiger partial charge in [-0.1, -0.05) is 30.7 Å². The summed E-state index contributed by atoms with van der Waals surface area (Å²) in [5.41, 5.74) is -0.808. The number of rotatable bonds is 3. The van der Waals surface area contributed by atoms with E-state index in [9.17, 15) is 18.9 Å². The number of nitrogens with zero attached hydrogens (tertiary/aromatic N) is 2. The molecule has 1 aromatic rings. The smallest absolute Gasteiger partial charge is 0.169 e. The zero-order chi connectivity index (χ0) is 14.3. The highest BCUT2D eigenvalue weighted by Gasteiger charge is 2.72. The van der Waals surface area contributed by atoms with Gasteiger partial charge in [0.15, 0.2) is 15.3 Å². The lowest BCUT2D eigenvalue weighted by atomic mass is 10.0. The molecule has 0 amide bonds. The standard InChI is InChI=1S/C13H11ClN2O2S/c1-2-19(17,18)12-11(13(12,7-15)8-16)9-3-5-10(14)6-4-9/h3-6,11-12H,2H2,1H3/t11-,12-/m1/s1. The van der Waals surface area contributed by atoms with Crippen molar-refractivity contribution >= 4 is 21.4 Å². The van der Waals surface area contributed by atoms with Gasteiger partial charge in [-0.25, -0.2) is 8.42 Å². The minimum atomic E-state index is -3.44. The summed E-state index contributed by atoms with van der Waals surface area (Å²) < 4.78 is 24.0. The molecule has 0 N–H and O–H groups in total. The highest BCUT2D eigenvalue weighted by molar-refractivity contribution is 7.92. The molecular weight excluding hydrogens is 284 g/mol. The summed E-state index contributed by atoms with van der Waals surface area (Å²) in [6, 6.07) is 10.4. The lowest BCUT2D eigenvalue weighted by Gasteiger charge is -2.00. The van der Waals surface area contributed by atoms with Gasteiger partial charge in [-0.2, -0.15) is 10.5 Å². The van der Waals surface area contributed by atoms with Crippen molar-refractivity contribution in [2.75, 3.05) is 5.75 Å². The van der Waals surface area contributed by atoms with Crippen LogP contribution in [0, 0.1) is 28.1 Å². The van der Waals surface area contributed by atoms with Gasteiger partial charge in [-0.15, -0.1) is 0 Å². The minimum absolute atomic E-state index is 0.0765. The number of halogens is 1. The largest absolute Gasteiger partial charge is 0.228 e. The molecule has 1 saturated carbocycles. The van der Waals surface area contributed by atoms with E-state index in [4.69, 9.17) is 11.6 Å². The van der Waals surface area contributed by atoms with E-state index < -0.39 is 26.4 Å². The number of sulfone groups is 1. The third-order valence-corrected chi connectivity index (χ3v) is 6.00.